The van der Waals surface area contributed by atoms with Gasteiger partial charge in [0.25, 0.3) is 0 Å². The third-order valence-electron chi connectivity index (χ3n) is 2.99. The zero-order chi connectivity index (χ0) is 15.4. The number of ether oxygens (including phenoxy) is 2. The van der Waals surface area contributed by atoms with Crippen LogP contribution in [0.4, 0.5) is 0 Å². The summed E-state index contributed by atoms with van der Waals surface area (Å²) in [5.74, 6) is 1.55. The van der Waals surface area contributed by atoms with Crippen molar-refractivity contribution in [2.75, 3.05) is 7.11 Å². The van der Waals surface area contributed by atoms with Gasteiger partial charge in [-0.05, 0) is 23.6 Å². The van der Waals surface area contributed by atoms with Crippen LogP contribution in [-0.2, 0) is 6.61 Å². The SMILES string of the molecule is COc1cc(CO)ccc1Oc1ncnc(Cl)c1C(C)C. The minimum absolute atomic E-state index is 0.0623. The van der Waals surface area contributed by atoms with Crippen molar-refractivity contribution < 1.29 is 14.6 Å². The first-order chi connectivity index (χ1) is 10.1. The lowest BCUT2D eigenvalue weighted by Crippen LogP contribution is -2.01. The van der Waals surface area contributed by atoms with E-state index in [0.717, 1.165) is 11.1 Å². The first kappa shape index (κ1) is 15.5. The number of benzene rings is 1. The fourth-order valence-corrected chi connectivity index (χ4v) is 2.27. The van der Waals surface area contributed by atoms with E-state index in [9.17, 15) is 0 Å². The Morgan fingerprint density at radius 2 is 2.00 bits per heavy atom. The fraction of sp³-hybridized carbons (Fsp3) is 0.333. The number of nitrogens with zero attached hydrogens (tertiary/aromatic N) is 2. The van der Waals surface area contributed by atoms with E-state index >= 15 is 0 Å². The maximum Gasteiger partial charge on any atom is 0.227 e. The zero-order valence-corrected chi connectivity index (χ0v) is 12.9. The fourth-order valence-electron chi connectivity index (χ4n) is 1.92. The molecule has 0 aliphatic rings. The van der Waals surface area contributed by atoms with Gasteiger partial charge in [0.1, 0.15) is 11.5 Å². The Kier molecular flexibility index (Phi) is 4.98. The monoisotopic (exact) mass is 308 g/mol. The Labute approximate surface area is 128 Å². The van der Waals surface area contributed by atoms with E-state index < -0.39 is 0 Å². The molecule has 1 aromatic carbocycles. The number of rotatable bonds is 5. The first-order valence-electron chi connectivity index (χ1n) is 6.52. The van der Waals surface area contributed by atoms with Crippen LogP contribution in [0.25, 0.3) is 0 Å². The van der Waals surface area contributed by atoms with Gasteiger partial charge in [0, 0.05) is 0 Å². The number of aliphatic hydroxyl groups excluding tert-OH is 1. The molecule has 0 spiro atoms. The summed E-state index contributed by atoms with van der Waals surface area (Å²) in [6, 6.07) is 5.20. The lowest BCUT2D eigenvalue weighted by atomic mass is 10.1. The molecule has 1 aromatic heterocycles. The van der Waals surface area contributed by atoms with Gasteiger partial charge < -0.3 is 14.6 Å². The van der Waals surface area contributed by atoms with Crippen molar-refractivity contribution in [3.8, 4) is 17.4 Å². The molecule has 1 heterocycles. The summed E-state index contributed by atoms with van der Waals surface area (Å²) in [7, 11) is 1.54. The zero-order valence-electron chi connectivity index (χ0n) is 12.1. The second-order valence-corrected chi connectivity index (χ2v) is 5.14. The molecule has 0 saturated heterocycles. The Morgan fingerprint density at radius 3 is 2.62 bits per heavy atom. The average molecular weight is 309 g/mol. The first-order valence-corrected chi connectivity index (χ1v) is 6.90. The molecule has 1 N–H and O–H groups in total. The summed E-state index contributed by atoms with van der Waals surface area (Å²) in [5.41, 5.74) is 1.48. The highest BCUT2D eigenvalue weighted by Gasteiger charge is 2.17. The second kappa shape index (κ2) is 6.74. The lowest BCUT2D eigenvalue weighted by Gasteiger charge is -2.15. The Bertz CT molecular complexity index is 632. The van der Waals surface area contributed by atoms with Gasteiger partial charge in [0.2, 0.25) is 5.88 Å². The van der Waals surface area contributed by atoms with Crippen LogP contribution in [0.2, 0.25) is 5.15 Å². The standard InChI is InChI=1S/C15H17ClN2O3/c1-9(2)13-14(16)17-8-18-15(13)21-11-5-4-10(7-19)6-12(11)20-3/h4-6,8-9,19H,7H2,1-3H3. The molecule has 0 fully saturated rings. The van der Waals surface area contributed by atoms with E-state index in [1.807, 2.05) is 13.8 Å². The maximum absolute atomic E-state index is 9.16. The van der Waals surface area contributed by atoms with Crippen molar-refractivity contribution in [1.82, 2.24) is 9.97 Å². The van der Waals surface area contributed by atoms with Gasteiger partial charge in [0.15, 0.2) is 11.5 Å². The van der Waals surface area contributed by atoms with Gasteiger partial charge >= 0.3 is 0 Å². The summed E-state index contributed by atoms with van der Waals surface area (Å²) < 4.78 is 11.1. The molecule has 0 aliphatic carbocycles. The summed E-state index contributed by atoms with van der Waals surface area (Å²) in [4.78, 5) is 8.13. The Balaban J connectivity index is 2.41. The normalized spacial score (nSPS) is 10.8. The van der Waals surface area contributed by atoms with Crippen LogP contribution in [0, 0.1) is 0 Å². The second-order valence-electron chi connectivity index (χ2n) is 4.78. The van der Waals surface area contributed by atoms with Crippen LogP contribution in [0.15, 0.2) is 24.5 Å². The number of methoxy groups -OCH3 is 1. The molecule has 5 nitrogen and oxygen atoms in total. The lowest BCUT2D eigenvalue weighted by molar-refractivity contribution is 0.280. The molecule has 0 aliphatic heterocycles. The molecule has 0 saturated carbocycles. The highest BCUT2D eigenvalue weighted by atomic mass is 35.5. The van der Waals surface area contributed by atoms with Crippen LogP contribution in [0.1, 0.15) is 30.9 Å². The van der Waals surface area contributed by atoms with Crippen LogP contribution < -0.4 is 9.47 Å². The van der Waals surface area contributed by atoms with Crippen molar-refractivity contribution in [3.63, 3.8) is 0 Å². The van der Waals surface area contributed by atoms with E-state index in [4.69, 9.17) is 26.2 Å². The largest absolute Gasteiger partial charge is 0.493 e. The van der Waals surface area contributed by atoms with Crippen LogP contribution >= 0.6 is 11.6 Å². The average Bonchev–Trinajstić information content (AvgIpc) is 2.47. The number of hydrogen-bond acceptors (Lipinski definition) is 5. The number of aliphatic hydroxyl groups is 1. The smallest absolute Gasteiger partial charge is 0.227 e. The van der Waals surface area contributed by atoms with Crippen molar-refractivity contribution >= 4 is 11.6 Å². The molecule has 0 amide bonds. The number of aromatic nitrogens is 2. The predicted molar refractivity (Wildman–Crippen MR) is 80.1 cm³/mol. The summed E-state index contributed by atoms with van der Waals surface area (Å²) in [6.45, 7) is 3.92. The molecule has 2 aromatic rings. The summed E-state index contributed by atoms with van der Waals surface area (Å²) in [5, 5.41) is 9.53. The minimum Gasteiger partial charge on any atom is -0.493 e. The van der Waals surface area contributed by atoms with Gasteiger partial charge in [-0.2, -0.15) is 0 Å². The molecular formula is C15H17ClN2O3. The van der Waals surface area contributed by atoms with Gasteiger partial charge in [-0.1, -0.05) is 31.5 Å². The van der Waals surface area contributed by atoms with Crippen LogP contribution in [0.3, 0.4) is 0 Å². The van der Waals surface area contributed by atoms with Crippen molar-refractivity contribution in [3.05, 3.63) is 40.8 Å². The van der Waals surface area contributed by atoms with Crippen molar-refractivity contribution in [1.29, 1.82) is 0 Å². The number of halogens is 1. The highest BCUT2D eigenvalue weighted by Crippen LogP contribution is 2.36. The number of hydrogen-bond donors (Lipinski definition) is 1. The molecule has 0 atom stereocenters. The molecule has 0 radical (unpaired) electrons. The van der Waals surface area contributed by atoms with Crippen molar-refractivity contribution in [2.24, 2.45) is 0 Å². The maximum atomic E-state index is 9.16. The van der Waals surface area contributed by atoms with Crippen LogP contribution in [-0.4, -0.2) is 22.2 Å². The van der Waals surface area contributed by atoms with Gasteiger partial charge in [-0.25, -0.2) is 9.97 Å². The summed E-state index contributed by atoms with van der Waals surface area (Å²) >= 11 is 6.12. The highest BCUT2D eigenvalue weighted by molar-refractivity contribution is 6.30. The van der Waals surface area contributed by atoms with Gasteiger partial charge in [-0.15, -0.1) is 0 Å². The topological polar surface area (TPSA) is 64.5 Å². The van der Waals surface area contributed by atoms with E-state index in [-0.39, 0.29) is 12.5 Å². The third-order valence-corrected chi connectivity index (χ3v) is 3.29. The van der Waals surface area contributed by atoms with E-state index in [1.165, 1.54) is 6.33 Å². The van der Waals surface area contributed by atoms with Gasteiger partial charge in [0.05, 0.1) is 19.3 Å². The molecule has 0 unspecified atom stereocenters. The molecule has 112 valence electrons. The van der Waals surface area contributed by atoms with E-state index in [2.05, 4.69) is 9.97 Å². The molecule has 21 heavy (non-hydrogen) atoms. The minimum atomic E-state index is -0.0623. The molecule has 2 rings (SSSR count). The quantitative estimate of drug-likeness (QED) is 0.856. The Morgan fingerprint density at radius 1 is 1.24 bits per heavy atom. The molecule has 0 bridgehead atoms. The predicted octanol–water partition coefficient (Wildman–Crippen LogP) is 3.55. The summed E-state index contributed by atoms with van der Waals surface area (Å²) in [6.07, 6.45) is 1.36. The van der Waals surface area contributed by atoms with E-state index in [1.54, 1.807) is 25.3 Å². The van der Waals surface area contributed by atoms with Gasteiger partial charge in [-0.3, -0.25) is 0 Å². The van der Waals surface area contributed by atoms with E-state index in [0.29, 0.717) is 22.5 Å². The third kappa shape index (κ3) is 3.43. The Hall–Kier alpha value is -1.85. The molecular weight excluding hydrogens is 292 g/mol. The van der Waals surface area contributed by atoms with Crippen molar-refractivity contribution in [2.45, 2.75) is 26.4 Å². The van der Waals surface area contributed by atoms with Crippen LogP contribution in [0.5, 0.6) is 17.4 Å². The molecule has 6 heteroatoms.